The Labute approximate surface area is 192 Å². The van der Waals surface area contributed by atoms with E-state index in [1.165, 1.54) is 24.3 Å². The molecule has 1 amide bonds. The van der Waals surface area contributed by atoms with Crippen LogP contribution < -0.4 is 10.6 Å². The first kappa shape index (κ1) is 22.9. The van der Waals surface area contributed by atoms with Crippen molar-refractivity contribution in [2.24, 2.45) is 0 Å². The van der Waals surface area contributed by atoms with Gasteiger partial charge in [-0.1, -0.05) is 6.07 Å². The Bertz CT molecular complexity index is 1410. The van der Waals surface area contributed by atoms with Crippen molar-refractivity contribution in [3.05, 3.63) is 101 Å². The monoisotopic (exact) mass is 465 g/mol. The van der Waals surface area contributed by atoms with Crippen LogP contribution in [0.5, 0.6) is 0 Å². The highest BCUT2D eigenvalue weighted by Gasteiger charge is 2.20. The minimum Gasteiger partial charge on any atom is -0.395 e. The zero-order valence-corrected chi connectivity index (χ0v) is 17.6. The first-order valence-electron chi connectivity index (χ1n) is 10.2. The van der Waals surface area contributed by atoms with Gasteiger partial charge in [0.15, 0.2) is 17.4 Å². The van der Waals surface area contributed by atoms with E-state index in [4.69, 9.17) is 5.11 Å². The number of nitrogens with one attached hydrogen (secondary N) is 2. The first-order valence-corrected chi connectivity index (χ1v) is 10.2. The summed E-state index contributed by atoms with van der Waals surface area (Å²) in [6.07, 6.45) is 1.57. The molecule has 0 unspecified atom stereocenters. The smallest absolute Gasteiger partial charge is 0.255 e. The number of benzene rings is 3. The van der Waals surface area contributed by atoms with Crippen molar-refractivity contribution >= 4 is 34.0 Å². The predicted molar refractivity (Wildman–Crippen MR) is 121 cm³/mol. The number of amides is 1. The van der Waals surface area contributed by atoms with Gasteiger partial charge in [0.1, 0.15) is 5.82 Å². The number of hydrogen-bond acceptors (Lipinski definition) is 5. The Morgan fingerprint density at radius 1 is 0.912 bits per heavy atom. The van der Waals surface area contributed by atoms with Crippen LogP contribution in [-0.2, 0) is 0 Å². The molecule has 0 radical (unpaired) electrons. The van der Waals surface area contributed by atoms with Crippen molar-refractivity contribution in [2.45, 2.75) is 0 Å². The van der Waals surface area contributed by atoms with Gasteiger partial charge in [-0.05, 0) is 48.5 Å². The number of rotatable bonds is 7. The number of carbonyl (C=O) groups excluding carboxylic acids is 2. The normalized spacial score (nSPS) is 10.8. The molecule has 0 spiro atoms. The van der Waals surface area contributed by atoms with Gasteiger partial charge < -0.3 is 15.7 Å². The van der Waals surface area contributed by atoms with Gasteiger partial charge >= 0.3 is 0 Å². The molecular formula is C25H18F3N3O3. The van der Waals surface area contributed by atoms with E-state index >= 15 is 0 Å². The molecule has 0 atom stereocenters. The number of aromatic nitrogens is 1. The number of anilines is 2. The maximum Gasteiger partial charge on any atom is 0.255 e. The van der Waals surface area contributed by atoms with Crippen LogP contribution in [-0.4, -0.2) is 34.9 Å². The van der Waals surface area contributed by atoms with Gasteiger partial charge in [0.05, 0.1) is 29.6 Å². The third-order valence-electron chi connectivity index (χ3n) is 5.00. The van der Waals surface area contributed by atoms with Crippen molar-refractivity contribution in [3.63, 3.8) is 0 Å². The van der Waals surface area contributed by atoms with Crippen molar-refractivity contribution in [1.29, 1.82) is 0 Å². The molecule has 0 saturated carbocycles. The maximum atomic E-state index is 14.5. The van der Waals surface area contributed by atoms with Crippen molar-refractivity contribution in [1.82, 2.24) is 4.98 Å². The lowest BCUT2D eigenvalue weighted by Crippen LogP contribution is -2.14. The molecule has 34 heavy (non-hydrogen) atoms. The third kappa shape index (κ3) is 4.89. The van der Waals surface area contributed by atoms with E-state index < -0.39 is 34.7 Å². The summed E-state index contributed by atoms with van der Waals surface area (Å²) in [5.41, 5.74) is 0.524. The maximum absolute atomic E-state index is 14.5. The molecule has 1 aromatic heterocycles. The lowest BCUT2D eigenvalue weighted by atomic mass is 10.00. The second-order valence-corrected chi connectivity index (χ2v) is 7.40. The van der Waals surface area contributed by atoms with E-state index in [0.29, 0.717) is 23.1 Å². The number of pyridine rings is 1. The van der Waals surface area contributed by atoms with E-state index in [-0.39, 0.29) is 23.4 Å². The summed E-state index contributed by atoms with van der Waals surface area (Å²) < 4.78 is 42.2. The number of fused-ring (bicyclic) bond motifs is 1. The molecule has 1 heterocycles. The van der Waals surface area contributed by atoms with Crippen LogP contribution in [0.2, 0.25) is 0 Å². The van der Waals surface area contributed by atoms with Crippen molar-refractivity contribution in [3.8, 4) is 0 Å². The van der Waals surface area contributed by atoms with Gasteiger partial charge in [-0.2, -0.15) is 0 Å². The van der Waals surface area contributed by atoms with Gasteiger partial charge in [-0.25, -0.2) is 13.2 Å². The molecule has 0 saturated heterocycles. The summed E-state index contributed by atoms with van der Waals surface area (Å²) in [5.74, 6) is -4.85. The van der Waals surface area contributed by atoms with Gasteiger partial charge in [-0.15, -0.1) is 0 Å². The van der Waals surface area contributed by atoms with Crippen LogP contribution in [0.3, 0.4) is 0 Å². The number of hydrogen-bond donors (Lipinski definition) is 3. The molecule has 4 aromatic rings. The molecule has 6 nitrogen and oxygen atoms in total. The predicted octanol–water partition coefficient (Wildman–Crippen LogP) is 4.54. The molecule has 3 aromatic carbocycles. The number of nitrogens with zero attached hydrogens (tertiary/aromatic N) is 1. The molecule has 0 aliphatic heterocycles. The van der Waals surface area contributed by atoms with Crippen LogP contribution >= 0.6 is 0 Å². The van der Waals surface area contributed by atoms with Crippen LogP contribution in [0.15, 0.2) is 66.9 Å². The van der Waals surface area contributed by atoms with Crippen LogP contribution in [0.25, 0.3) is 10.9 Å². The summed E-state index contributed by atoms with van der Waals surface area (Å²) in [7, 11) is 0. The number of halogens is 3. The standard InChI is InChI=1S/C25H18F3N3O3/c26-17-3-1-2-15(9-17)25(34)31-18-11-20(23(28)21(27)12-18)24(33)14-4-5-22-16(8-14)10-19(13-30-22)29-6-7-32/h1-5,8-13,29,32H,6-7H2,(H,31,34). The van der Waals surface area contributed by atoms with Crippen LogP contribution in [0.1, 0.15) is 26.3 Å². The Hall–Kier alpha value is -4.24. The summed E-state index contributed by atoms with van der Waals surface area (Å²) in [6.45, 7) is 0.234. The average Bonchev–Trinajstić information content (AvgIpc) is 2.83. The fourth-order valence-electron chi connectivity index (χ4n) is 3.38. The summed E-state index contributed by atoms with van der Waals surface area (Å²) >= 11 is 0. The number of aliphatic hydroxyl groups is 1. The minimum absolute atomic E-state index is 0.0229. The summed E-state index contributed by atoms with van der Waals surface area (Å²) in [5, 5.41) is 14.8. The molecule has 9 heteroatoms. The van der Waals surface area contributed by atoms with E-state index in [2.05, 4.69) is 15.6 Å². The molecule has 0 aliphatic carbocycles. The number of carbonyl (C=O) groups is 2. The topological polar surface area (TPSA) is 91.3 Å². The second-order valence-electron chi connectivity index (χ2n) is 7.40. The molecule has 0 bridgehead atoms. The molecule has 0 aliphatic rings. The van der Waals surface area contributed by atoms with Gasteiger partial charge in [0.2, 0.25) is 0 Å². The Morgan fingerprint density at radius 3 is 2.50 bits per heavy atom. The average molecular weight is 465 g/mol. The number of aliphatic hydroxyl groups excluding tert-OH is 1. The van der Waals surface area contributed by atoms with E-state index in [0.717, 1.165) is 24.3 Å². The quantitative estimate of drug-likeness (QED) is 0.349. The fourth-order valence-corrected chi connectivity index (χ4v) is 3.38. The lowest BCUT2D eigenvalue weighted by Gasteiger charge is -2.10. The third-order valence-corrected chi connectivity index (χ3v) is 5.00. The van der Waals surface area contributed by atoms with Gasteiger partial charge in [0.25, 0.3) is 5.91 Å². The van der Waals surface area contributed by atoms with Gasteiger partial charge in [0, 0.05) is 34.8 Å². The molecular weight excluding hydrogens is 447 g/mol. The molecule has 0 fully saturated rings. The van der Waals surface area contributed by atoms with Gasteiger partial charge in [-0.3, -0.25) is 14.6 Å². The highest BCUT2D eigenvalue weighted by molar-refractivity contribution is 6.12. The first-order chi connectivity index (χ1) is 16.4. The zero-order chi connectivity index (χ0) is 24.2. The molecule has 4 rings (SSSR count). The largest absolute Gasteiger partial charge is 0.395 e. The van der Waals surface area contributed by atoms with Crippen molar-refractivity contribution in [2.75, 3.05) is 23.8 Å². The number of ketones is 1. The summed E-state index contributed by atoms with van der Waals surface area (Å²) in [4.78, 5) is 29.7. The Morgan fingerprint density at radius 2 is 1.74 bits per heavy atom. The van der Waals surface area contributed by atoms with Crippen molar-refractivity contribution < 1.29 is 27.9 Å². The fraction of sp³-hybridized carbons (Fsp3) is 0.0800. The summed E-state index contributed by atoms with van der Waals surface area (Å²) in [6, 6.07) is 12.8. The van der Waals surface area contributed by atoms with Crippen LogP contribution in [0, 0.1) is 17.5 Å². The van der Waals surface area contributed by atoms with E-state index in [1.807, 2.05) is 0 Å². The lowest BCUT2D eigenvalue weighted by molar-refractivity contribution is 0.101. The van der Waals surface area contributed by atoms with E-state index in [9.17, 15) is 22.8 Å². The molecule has 172 valence electrons. The highest BCUT2D eigenvalue weighted by Crippen LogP contribution is 2.25. The minimum atomic E-state index is -1.36. The molecule has 3 N–H and O–H groups in total. The van der Waals surface area contributed by atoms with E-state index in [1.54, 1.807) is 18.3 Å². The SMILES string of the molecule is O=C(Nc1cc(F)c(F)c(C(=O)c2ccc3ncc(NCCO)cc3c2)c1)c1cccc(F)c1. The highest BCUT2D eigenvalue weighted by atomic mass is 19.2. The Kier molecular flexibility index (Phi) is 6.55. The Balaban J connectivity index is 1.65. The zero-order valence-electron chi connectivity index (χ0n) is 17.6. The second kappa shape index (κ2) is 9.72. The van der Waals surface area contributed by atoms with Crippen LogP contribution in [0.4, 0.5) is 24.5 Å².